The van der Waals surface area contributed by atoms with Crippen molar-refractivity contribution in [3.63, 3.8) is 0 Å². The Morgan fingerprint density at radius 3 is 2.43 bits per heavy atom. The first kappa shape index (κ1) is 25.0. The van der Waals surface area contributed by atoms with E-state index in [9.17, 15) is 8.42 Å². The van der Waals surface area contributed by atoms with Gasteiger partial charge in [0.25, 0.3) is 0 Å². The summed E-state index contributed by atoms with van der Waals surface area (Å²) < 4.78 is 29.0. The molecule has 0 bridgehead atoms. The largest absolute Gasteiger partial charge is 0.489 e. The molecule has 5 rings (SSSR count). The molecule has 2 N–H and O–H groups in total. The number of nitrogens with one attached hydrogen (secondary N) is 2. The summed E-state index contributed by atoms with van der Waals surface area (Å²) in [4.78, 5) is 11.1. The van der Waals surface area contributed by atoms with Crippen LogP contribution in [0.5, 0.6) is 5.75 Å². The highest BCUT2D eigenvalue weighted by molar-refractivity contribution is 7.91. The molecule has 3 aromatic carbocycles. The zero-order valence-corrected chi connectivity index (χ0v) is 21.5. The van der Waals surface area contributed by atoms with E-state index in [4.69, 9.17) is 4.74 Å². The second-order valence-corrected chi connectivity index (χ2v) is 11.5. The zero-order chi connectivity index (χ0) is 25.5. The maximum Gasteiger partial charge on any atom is 0.152 e. The number of ether oxygens (including phenoxy) is 1. The molecule has 2 heterocycles. The molecule has 0 amide bonds. The smallest absolute Gasteiger partial charge is 0.152 e. The van der Waals surface area contributed by atoms with Crippen molar-refractivity contribution >= 4 is 37.9 Å². The molecule has 0 radical (unpaired) electrons. The van der Waals surface area contributed by atoms with Crippen LogP contribution in [0, 0.1) is 0 Å². The van der Waals surface area contributed by atoms with E-state index < -0.39 is 9.84 Å². The molecule has 0 saturated carbocycles. The van der Waals surface area contributed by atoms with Gasteiger partial charge in [0.15, 0.2) is 9.84 Å². The minimum absolute atomic E-state index is 0.271. The molecule has 37 heavy (non-hydrogen) atoms. The Morgan fingerprint density at radius 1 is 0.892 bits per heavy atom. The number of rotatable bonds is 10. The molecule has 1 aliphatic heterocycles. The molecular formula is C28H31N5O3S. The van der Waals surface area contributed by atoms with E-state index in [1.807, 2.05) is 72.8 Å². The maximum absolute atomic E-state index is 11.6. The van der Waals surface area contributed by atoms with E-state index in [0.29, 0.717) is 19.7 Å². The van der Waals surface area contributed by atoms with Crippen molar-refractivity contribution in [3.8, 4) is 5.75 Å². The van der Waals surface area contributed by atoms with Crippen LogP contribution in [-0.4, -0.2) is 61.0 Å². The highest BCUT2D eigenvalue weighted by Gasteiger charge is 2.20. The Balaban J connectivity index is 1.14. The van der Waals surface area contributed by atoms with E-state index in [-0.39, 0.29) is 11.5 Å². The summed E-state index contributed by atoms with van der Waals surface area (Å²) in [5.41, 5.74) is 3.90. The highest BCUT2D eigenvalue weighted by atomic mass is 32.2. The van der Waals surface area contributed by atoms with Crippen molar-refractivity contribution in [2.75, 3.05) is 48.3 Å². The zero-order valence-electron chi connectivity index (χ0n) is 20.6. The standard InChI is InChI=1S/C28H31N5O3S/c34-37(35)17-15-33(16-18-37)14-4-13-29-24-9-12-26-27(19-24)30-21-31-28(26)32-23-7-10-25(11-8-23)36-20-22-5-2-1-3-6-22/h1-3,5-12,19,21,29H,4,13-18,20H2,(H,30,31,32). The van der Waals surface area contributed by atoms with Crippen molar-refractivity contribution in [3.05, 3.63) is 84.7 Å². The number of hydrogen-bond donors (Lipinski definition) is 2. The topological polar surface area (TPSA) is 96.5 Å². The quantitative estimate of drug-likeness (QED) is 0.297. The Hall–Kier alpha value is -3.69. The number of hydrogen-bond acceptors (Lipinski definition) is 8. The average molecular weight is 518 g/mol. The summed E-state index contributed by atoms with van der Waals surface area (Å²) in [6.45, 7) is 3.50. The third-order valence-corrected chi connectivity index (χ3v) is 8.03. The predicted molar refractivity (Wildman–Crippen MR) is 148 cm³/mol. The maximum atomic E-state index is 11.6. The van der Waals surface area contributed by atoms with Crippen LogP contribution in [0.2, 0.25) is 0 Å². The summed E-state index contributed by atoms with van der Waals surface area (Å²) in [5.74, 6) is 2.10. The van der Waals surface area contributed by atoms with Crippen molar-refractivity contribution in [2.45, 2.75) is 13.0 Å². The second-order valence-electron chi connectivity index (χ2n) is 9.15. The van der Waals surface area contributed by atoms with Crippen molar-refractivity contribution in [1.29, 1.82) is 0 Å². The van der Waals surface area contributed by atoms with E-state index in [0.717, 1.165) is 58.9 Å². The van der Waals surface area contributed by atoms with Crippen LogP contribution in [0.3, 0.4) is 0 Å². The van der Waals surface area contributed by atoms with Gasteiger partial charge < -0.3 is 20.3 Å². The molecule has 0 atom stereocenters. The summed E-state index contributed by atoms with van der Waals surface area (Å²) >= 11 is 0. The fourth-order valence-electron chi connectivity index (χ4n) is 4.29. The molecule has 9 heteroatoms. The number of nitrogens with zero attached hydrogens (tertiary/aromatic N) is 3. The van der Waals surface area contributed by atoms with Gasteiger partial charge in [-0.2, -0.15) is 0 Å². The van der Waals surface area contributed by atoms with E-state index in [1.54, 1.807) is 6.33 Å². The highest BCUT2D eigenvalue weighted by Crippen LogP contribution is 2.26. The van der Waals surface area contributed by atoms with Crippen molar-refractivity contribution < 1.29 is 13.2 Å². The Labute approximate surface area is 217 Å². The summed E-state index contributed by atoms with van der Waals surface area (Å²) in [6, 6.07) is 24.0. The lowest BCUT2D eigenvalue weighted by Gasteiger charge is -2.26. The summed E-state index contributed by atoms with van der Waals surface area (Å²) in [5, 5.41) is 7.78. The lowest BCUT2D eigenvalue weighted by Crippen LogP contribution is -2.41. The van der Waals surface area contributed by atoms with Gasteiger partial charge in [0.1, 0.15) is 24.5 Å². The fraction of sp³-hybridized carbons (Fsp3) is 0.286. The number of benzene rings is 3. The van der Waals surface area contributed by atoms with Gasteiger partial charge in [-0.05, 0) is 61.0 Å². The minimum atomic E-state index is -2.83. The van der Waals surface area contributed by atoms with E-state index in [2.05, 4.69) is 25.5 Å². The molecule has 0 aliphatic carbocycles. The van der Waals surface area contributed by atoms with Gasteiger partial charge in [-0.1, -0.05) is 30.3 Å². The fourth-order valence-corrected chi connectivity index (χ4v) is 5.56. The van der Waals surface area contributed by atoms with Gasteiger partial charge in [0.2, 0.25) is 0 Å². The Morgan fingerprint density at radius 2 is 1.65 bits per heavy atom. The normalized spacial score (nSPS) is 15.4. The molecular weight excluding hydrogens is 486 g/mol. The Bertz CT molecular complexity index is 1420. The van der Waals surface area contributed by atoms with Crippen molar-refractivity contribution in [2.24, 2.45) is 0 Å². The third-order valence-electron chi connectivity index (χ3n) is 6.42. The van der Waals surface area contributed by atoms with Gasteiger partial charge in [-0.15, -0.1) is 0 Å². The van der Waals surface area contributed by atoms with Crippen LogP contribution in [-0.2, 0) is 16.4 Å². The molecule has 4 aromatic rings. The van der Waals surface area contributed by atoms with Crippen LogP contribution < -0.4 is 15.4 Å². The first-order valence-electron chi connectivity index (χ1n) is 12.5. The number of sulfone groups is 1. The molecule has 8 nitrogen and oxygen atoms in total. The van der Waals surface area contributed by atoms with Gasteiger partial charge in [-0.25, -0.2) is 18.4 Å². The van der Waals surface area contributed by atoms with Crippen LogP contribution in [0.4, 0.5) is 17.2 Å². The molecule has 1 aliphatic rings. The van der Waals surface area contributed by atoms with Crippen LogP contribution >= 0.6 is 0 Å². The van der Waals surface area contributed by atoms with E-state index >= 15 is 0 Å². The van der Waals surface area contributed by atoms with Crippen molar-refractivity contribution in [1.82, 2.24) is 14.9 Å². The molecule has 1 aromatic heterocycles. The van der Waals surface area contributed by atoms with Gasteiger partial charge >= 0.3 is 0 Å². The Kier molecular flexibility index (Phi) is 7.82. The lowest BCUT2D eigenvalue weighted by molar-refractivity contribution is 0.295. The number of anilines is 3. The van der Waals surface area contributed by atoms with Crippen LogP contribution in [0.25, 0.3) is 10.9 Å². The number of fused-ring (bicyclic) bond motifs is 1. The second kappa shape index (κ2) is 11.6. The number of aromatic nitrogens is 2. The predicted octanol–water partition coefficient (Wildman–Crippen LogP) is 4.48. The van der Waals surface area contributed by atoms with E-state index in [1.165, 1.54) is 0 Å². The summed E-state index contributed by atoms with van der Waals surface area (Å²) in [7, 11) is -2.83. The average Bonchev–Trinajstić information content (AvgIpc) is 2.92. The third kappa shape index (κ3) is 6.96. The minimum Gasteiger partial charge on any atom is -0.489 e. The molecule has 0 spiro atoms. The lowest BCUT2D eigenvalue weighted by atomic mass is 10.2. The first-order valence-corrected chi connectivity index (χ1v) is 14.3. The van der Waals surface area contributed by atoms with Gasteiger partial charge in [-0.3, -0.25) is 0 Å². The monoisotopic (exact) mass is 517 g/mol. The van der Waals surface area contributed by atoms with Gasteiger partial charge in [0, 0.05) is 36.4 Å². The SMILES string of the molecule is O=S1(=O)CCN(CCCNc2ccc3c(Nc4ccc(OCc5ccccc5)cc4)ncnc3c2)CC1. The molecule has 0 unspecified atom stereocenters. The molecule has 1 saturated heterocycles. The molecule has 1 fully saturated rings. The first-order chi connectivity index (χ1) is 18.0. The van der Waals surface area contributed by atoms with Crippen LogP contribution in [0.1, 0.15) is 12.0 Å². The van der Waals surface area contributed by atoms with Crippen LogP contribution in [0.15, 0.2) is 79.1 Å². The molecule has 192 valence electrons. The summed E-state index contributed by atoms with van der Waals surface area (Å²) in [6.07, 6.45) is 2.51. The van der Waals surface area contributed by atoms with Gasteiger partial charge in [0.05, 0.1) is 17.0 Å².